The molecule has 0 saturated carbocycles. The van der Waals surface area contributed by atoms with E-state index in [1.165, 1.54) is 0 Å². The molecule has 5 heteroatoms. The maximum Gasteiger partial charge on any atom is 0.326 e. The summed E-state index contributed by atoms with van der Waals surface area (Å²) in [5.41, 5.74) is 1.25. The highest BCUT2D eigenvalue weighted by Gasteiger charge is 2.21. The summed E-state index contributed by atoms with van der Waals surface area (Å²) < 4.78 is 5.35. The minimum absolute atomic E-state index is 0.209. The van der Waals surface area contributed by atoms with E-state index in [2.05, 4.69) is 5.32 Å². The molecule has 0 saturated heterocycles. The van der Waals surface area contributed by atoms with Crippen molar-refractivity contribution in [2.45, 2.75) is 19.4 Å². The number of rotatable bonds is 7. The van der Waals surface area contributed by atoms with Gasteiger partial charge >= 0.3 is 5.97 Å². The minimum atomic E-state index is -1.07. The maximum atomic E-state index is 12.1. The van der Waals surface area contributed by atoms with Crippen molar-refractivity contribution >= 4 is 11.9 Å². The molecule has 0 heterocycles. The third kappa shape index (κ3) is 4.85. The van der Waals surface area contributed by atoms with Gasteiger partial charge in [-0.25, -0.2) is 4.79 Å². The van der Waals surface area contributed by atoms with Crippen LogP contribution in [0.2, 0.25) is 0 Å². The van der Waals surface area contributed by atoms with Gasteiger partial charge in [-0.2, -0.15) is 0 Å². The van der Waals surface area contributed by atoms with Crippen molar-refractivity contribution in [3.8, 4) is 5.75 Å². The number of carboxylic acid groups (broad SMARTS) is 1. The Morgan fingerprint density at radius 3 is 2.30 bits per heavy atom. The summed E-state index contributed by atoms with van der Waals surface area (Å²) >= 11 is 0. The highest BCUT2D eigenvalue weighted by molar-refractivity contribution is 5.96. The van der Waals surface area contributed by atoms with Gasteiger partial charge in [0.05, 0.1) is 6.61 Å². The molecule has 2 rings (SSSR count). The van der Waals surface area contributed by atoms with Gasteiger partial charge in [0.15, 0.2) is 0 Å². The minimum Gasteiger partial charge on any atom is -0.494 e. The van der Waals surface area contributed by atoms with Gasteiger partial charge in [0, 0.05) is 12.0 Å². The molecule has 0 aliphatic heterocycles. The SMILES string of the molecule is CCOc1ccc(C[C@@H](NC(=O)c2ccccc2)C(=O)O)cc1. The smallest absolute Gasteiger partial charge is 0.326 e. The van der Waals surface area contributed by atoms with E-state index in [1.807, 2.05) is 6.92 Å². The molecule has 0 aromatic heterocycles. The van der Waals surface area contributed by atoms with Crippen LogP contribution < -0.4 is 10.1 Å². The Morgan fingerprint density at radius 1 is 1.09 bits per heavy atom. The zero-order chi connectivity index (χ0) is 16.7. The molecular formula is C18H19NO4. The molecule has 0 radical (unpaired) electrons. The van der Waals surface area contributed by atoms with Crippen LogP contribution in [0.3, 0.4) is 0 Å². The first-order valence-electron chi connectivity index (χ1n) is 7.40. The van der Waals surface area contributed by atoms with Gasteiger partial charge in [-0.3, -0.25) is 4.79 Å². The summed E-state index contributed by atoms with van der Waals surface area (Å²) in [4.78, 5) is 23.5. The fourth-order valence-electron chi connectivity index (χ4n) is 2.16. The fraction of sp³-hybridized carbons (Fsp3) is 0.222. The normalized spacial score (nSPS) is 11.5. The van der Waals surface area contributed by atoms with Crippen molar-refractivity contribution in [2.75, 3.05) is 6.61 Å². The van der Waals surface area contributed by atoms with Gasteiger partial charge in [-0.1, -0.05) is 30.3 Å². The van der Waals surface area contributed by atoms with Gasteiger partial charge in [0.2, 0.25) is 0 Å². The molecule has 2 aromatic rings. The Balaban J connectivity index is 2.04. The van der Waals surface area contributed by atoms with Crippen LogP contribution >= 0.6 is 0 Å². The Bertz CT molecular complexity index is 652. The summed E-state index contributed by atoms with van der Waals surface area (Å²) in [5, 5.41) is 11.9. The molecule has 0 aliphatic rings. The van der Waals surface area contributed by atoms with E-state index in [4.69, 9.17) is 4.74 Å². The van der Waals surface area contributed by atoms with Gasteiger partial charge in [-0.15, -0.1) is 0 Å². The Labute approximate surface area is 134 Å². The summed E-state index contributed by atoms with van der Waals surface area (Å²) in [6.45, 7) is 2.47. The molecule has 1 atom stereocenters. The topological polar surface area (TPSA) is 75.6 Å². The third-order valence-corrected chi connectivity index (χ3v) is 3.31. The van der Waals surface area contributed by atoms with Crippen molar-refractivity contribution in [3.63, 3.8) is 0 Å². The van der Waals surface area contributed by atoms with Crippen LogP contribution in [0.5, 0.6) is 5.75 Å². The lowest BCUT2D eigenvalue weighted by Crippen LogP contribution is -2.42. The molecule has 0 fully saturated rings. The molecular weight excluding hydrogens is 294 g/mol. The molecule has 0 unspecified atom stereocenters. The second-order valence-corrected chi connectivity index (χ2v) is 5.01. The summed E-state index contributed by atoms with van der Waals surface area (Å²) in [6.07, 6.45) is 0.209. The second-order valence-electron chi connectivity index (χ2n) is 5.01. The molecule has 2 aromatic carbocycles. The van der Waals surface area contributed by atoms with Crippen LogP contribution in [0.25, 0.3) is 0 Å². The number of benzene rings is 2. The fourth-order valence-corrected chi connectivity index (χ4v) is 2.16. The van der Waals surface area contributed by atoms with Crippen molar-refractivity contribution in [1.82, 2.24) is 5.32 Å². The lowest BCUT2D eigenvalue weighted by atomic mass is 10.1. The van der Waals surface area contributed by atoms with Gasteiger partial charge in [-0.05, 0) is 36.8 Å². The Kier molecular flexibility index (Phi) is 5.74. The van der Waals surface area contributed by atoms with Crippen LogP contribution in [-0.2, 0) is 11.2 Å². The summed E-state index contributed by atoms with van der Waals surface area (Å²) in [5.74, 6) is -0.733. The standard InChI is InChI=1S/C18H19NO4/c1-2-23-15-10-8-13(9-11-15)12-16(18(21)22)19-17(20)14-6-4-3-5-7-14/h3-11,16H,2,12H2,1H3,(H,19,20)(H,21,22)/t16-/m1/s1. The molecule has 0 spiro atoms. The Hall–Kier alpha value is -2.82. The van der Waals surface area contributed by atoms with Gasteiger partial charge < -0.3 is 15.2 Å². The highest BCUT2D eigenvalue weighted by Crippen LogP contribution is 2.13. The first-order chi connectivity index (χ1) is 11.1. The molecule has 0 bridgehead atoms. The first kappa shape index (κ1) is 16.5. The number of hydrogen-bond acceptors (Lipinski definition) is 3. The number of carboxylic acids is 1. The van der Waals surface area contributed by atoms with Crippen LogP contribution in [-0.4, -0.2) is 29.6 Å². The molecule has 120 valence electrons. The van der Waals surface area contributed by atoms with Crippen LogP contribution in [0.4, 0.5) is 0 Å². The molecule has 1 amide bonds. The largest absolute Gasteiger partial charge is 0.494 e. The third-order valence-electron chi connectivity index (χ3n) is 3.31. The number of carbonyl (C=O) groups excluding carboxylic acids is 1. The predicted molar refractivity (Wildman–Crippen MR) is 86.6 cm³/mol. The number of ether oxygens (including phenoxy) is 1. The van der Waals surface area contributed by atoms with Crippen LogP contribution in [0.15, 0.2) is 54.6 Å². The highest BCUT2D eigenvalue weighted by atomic mass is 16.5. The zero-order valence-corrected chi connectivity index (χ0v) is 12.9. The van der Waals surface area contributed by atoms with Crippen molar-refractivity contribution < 1.29 is 19.4 Å². The molecule has 0 aliphatic carbocycles. The van der Waals surface area contributed by atoms with Crippen LogP contribution in [0, 0.1) is 0 Å². The average molecular weight is 313 g/mol. The van der Waals surface area contributed by atoms with E-state index in [0.717, 1.165) is 11.3 Å². The number of amides is 1. The number of nitrogens with one attached hydrogen (secondary N) is 1. The van der Waals surface area contributed by atoms with Gasteiger partial charge in [0.25, 0.3) is 5.91 Å². The number of aliphatic carboxylic acids is 1. The van der Waals surface area contributed by atoms with Crippen molar-refractivity contribution in [2.24, 2.45) is 0 Å². The lowest BCUT2D eigenvalue weighted by molar-refractivity contribution is -0.139. The average Bonchev–Trinajstić information content (AvgIpc) is 2.57. The van der Waals surface area contributed by atoms with E-state index in [-0.39, 0.29) is 6.42 Å². The van der Waals surface area contributed by atoms with E-state index in [9.17, 15) is 14.7 Å². The molecule has 23 heavy (non-hydrogen) atoms. The maximum absolute atomic E-state index is 12.1. The van der Waals surface area contributed by atoms with Crippen LogP contribution in [0.1, 0.15) is 22.8 Å². The zero-order valence-electron chi connectivity index (χ0n) is 12.9. The number of hydrogen-bond donors (Lipinski definition) is 2. The lowest BCUT2D eigenvalue weighted by Gasteiger charge is -2.15. The first-order valence-corrected chi connectivity index (χ1v) is 7.40. The monoisotopic (exact) mass is 313 g/mol. The van der Waals surface area contributed by atoms with Gasteiger partial charge in [0.1, 0.15) is 11.8 Å². The van der Waals surface area contributed by atoms with Crippen molar-refractivity contribution in [3.05, 3.63) is 65.7 Å². The van der Waals surface area contributed by atoms with E-state index in [1.54, 1.807) is 54.6 Å². The van der Waals surface area contributed by atoms with E-state index >= 15 is 0 Å². The van der Waals surface area contributed by atoms with E-state index < -0.39 is 17.9 Å². The van der Waals surface area contributed by atoms with Crippen molar-refractivity contribution in [1.29, 1.82) is 0 Å². The number of carbonyl (C=O) groups is 2. The molecule has 5 nitrogen and oxygen atoms in total. The quantitative estimate of drug-likeness (QED) is 0.823. The molecule has 2 N–H and O–H groups in total. The second kappa shape index (κ2) is 7.98. The predicted octanol–water partition coefficient (Wildman–Crippen LogP) is 2.51. The van der Waals surface area contributed by atoms with E-state index in [0.29, 0.717) is 12.2 Å². The summed E-state index contributed by atoms with van der Waals surface area (Å²) in [7, 11) is 0. The summed E-state index contributed by atoms with van der Waals surface area (Å²) in [6, 6.07) is 14.7. The Morgan fingerprint density at radius 2 is 1.74 bits per heavy atom.